The third kappa shape index (κ3) is 2.89. The van der Waals surface area contributed by atoms with E-state index in [1.54, 1.807) is 0 Å². The Balaban J connectivity index is 1.98. The molecule has 0 spiro atoms. The number of hydrogen-bond acceptors (Lipinski definition) is 2. The summed E-state index contributed by atoms with van der Waals surface area (Å²) in [7, 11) is 0. The third-order valence-corrected chi connectivity index (χ3v) is 3.97. The molecule has 1 heterocycles. The van der Waals surface area contributed by atoms with E-state index in [4.69, 9.17) is 5.73 Å². The van der Waals surface area contributed by atoms with Crippen molar-refractivity contribution in [1.29, 1.82) is 0 Å². The van der Waals surface area contributed by atoms with Gasteiger partial charge in [0.2, 0.25) is 5.91 Å². The highest BCUT2D eigenvalue weighted by atomic mass is 16.2. The second-order valence-corrected chi connectivity index (χ2v) is 5.36. The van der Waals surface area contributed by atoms with Gasteiger partial charge in [-0.3, -0.25) is 4.79 Å². The number of nitrogens with zero attached hydrogens (tertiary/aromatic N) is 1. The van der Waals surface area contributed by atoms with Crippen LogP contribution in [0.15, 0.2) is 12.2 Å². The zero-order valence-electron chi connectivity index (χ0n) is 10.8. The lowest BCUT2D eigenvalue weighted by molar-refractivity contribution is -0.138. The molecule has 0 bridgehead atoms. The second kappa shape index (κ2) is 5.67. The van der Waals surface area contributed by atoms with E-state index in [-0.39, 0.29) is 12.0 Å². The van der Waals surface area contributed by atoms with Crippen molar-refractivity contribution in [2.24, 2.45) is 11.7 Å². The molecule has 0 radical (unpaired) electrons. The highest BCUT2D eigenvalue weighted by Crippen LogP contribution is 2.26. The maximum atomic E-state index is 12.5. The molecule has 1 aliphatic carbocycles. The number of carbonyl (C=O) groups excluding carboxylic acids is 1. The Hall–Kier alpha value is -0.830. The number of carbonyl (C=O) groups is 1. The summed E-state index contributed by atoms with van der Waals surface area (Å²) < 4.78 is 0. The van der Waals surface area contributed by atoms with Gasteiger partial charge in [-0.2, -0.15) is 0 Å². The van der Waals surface area contributed by atoms with E-state index >= 15 is 0 Å². The maximum absolute atomic E-state index is 12.5. The smallest absolute Gasteiger partial charge is 0.229 e. The van der Waals surface area contributed by atoms with Crippen molar-refractivity contribution in [3.8, 4) is 0 Å². The average molecular weight is 236 g/mol. The van der Waals surface area contributed by atoms with Gasteiger partial charge in [0, 0.05) is 18.6 Å². The van der Waals surface area contributed by atoms with Gasteiger partial charge in [0.15, 0.2) is 0 Å². The van der Waals surface area contributed by atoms with Crippen LogP contribution in [0.1, 0.15) is 45.4 Å². The molecule has 1 aliphatic heterocycles. The van der Waals surface area contributed by atoms with Crippen LogP contribution in [0.3, 0.4) is 0 Å². The summed E-state index contributed by atoms with van der Waals surface area (Å²) in [5, 5.41) is 0. The molecular weight excluding hydrogens is 212 g/mol. The first-order chi connectivity index (χ1) is 8.22. The zero-order chi connectivity index (χ0) is 12.3. The fourth-order valence-electron chi connectivity index (χ4n) is 3.05. The predicted octanol–water partition coefficient (Wildman–Crippen LogP) is 2.07. The minimum atomic E-state index is 0.0439. The summed E-state index contributed by atoms with van der Waals surface area (Å²) in [4.78, 5) is 14.6. The zero-order valence-corrected chi connectivity index (χ0v) is 10.8. The molecule has 2 N–H and O–H groups in total. The van der Waals surface area contributed by atoms with Gasteiger partial charge in [-0.25, -0.2) is 0 Å². The fraction of sp³-hybridized carbons (Fsp3) is 0.786. The van der Waals surface area contributed by atoms with Crippen LogP contribution in [0.25, 0.3) is 0 Å². The van der Waals surface area contributed by atoms with Gasteiger partial charge in [-0.15, -0.1) is 0 Å². The van der Waals surface area contributed by atoms with Crippen molar-refractivity contribution >= 4 is 5.91 Å². The van der Waals surface area contributed by atoms with Crippen molar-refractivity contribution in [3.63, 3.8) is 0 Å². The quantitative estimate of drug-likeness (QED) is 0.763. The van der Waals surface area contributed by atoms with Gasteiger partial charge < -0.3 is 10.6 Å². The lowest BCUT2D eigenvalue weighted by Gasteiger charge is -2.37. The Morgan fingerprint density at radius 2 is 2.24 bits per heavy atom. The number of hydrogen-bond donors (Lipinski definition) is 1. The summed E-state index contributed by atoms with van der Waals surface area (Å²) in [6.45, 7) is 3.14. The summed E-state index contributed by atoms with van der Waals surface area (Å²) >= 11 is 0. The van der Waals surface area contributed by atoms with Crippen molar-refractivity contribution < 1.29 is 4.79 Å². The van der Waals surface area contributed by atoms with Crippen LogP contribution in [0.4, 0.5) is 0 Å². The van der Waals surface area contributed by atoms with Gasteiger partial charge in [-0.05, 0) is 32.1 Å². The van der Waals surface area contributed by atoms with Gasteiger partial charge in [0.25, 0.3) is 0 Å². The van der Waals surface area contributed by atoms with E-state index in [9.17, 15) is 4.79 Å². The standard InChI is InChI=1S/C14H24N2O/c1-2-5-13-6-3-4-9-16(13)14(17)11-7-8-12(15)10-11/h7-8,11-13H,2-6,9-10,15H2,1H3. The Kier molecular flexibility index (Phi) is 4.21. The number of nitrogens with two attached hydrogens (primary N) is 1. The van der Waals surface area contributed by atoms with E-state index < -0.39 is 0 Å². The lowest BCUT2D eigenvalue weighted by atomic mass is 9.95. The lowest BCUT2D eigenvalue weighted by Crippen LogP contribution is -2.46. The molecule has 3 atom stereocenters. The summed E-state index contributed by atoms with van der Waals surface area (Å²) in [6, 6.07) is 0.560. The van der Waals surface area contributed by atoms with Crippen molar-refractivity contribution in [2.75, 3.05) is 6.54 Å². The summed E-state index contributed by atoms with van der Waals surface area (Å²) in [6.07, 6.45) is 10.7. The van der Waals surface area contributed by atoms with Gasteiger partial charge in [0.1, 0.15) is 0 Å². The Morgan fingerprint density at radius 1 is 1.41 bits per heavy atom. The Morgan fingerprint density at radius 3 is 2.88 bits per heavy atom. The molecule has 96 valence electrons. The van der Waals surface area contributed by atoms with E-state index in [1.165, 1.54) is 12.8 Å². The molecule has 0 aromatic rings. The first kappa shape index (κ1) is 12.6. The third-order valence-electron chi connectivity index (χ3n) is 3.97. The molecule has 2 aliphatic rings. The summed E-state index contributed by atoms with van der Waals surface area (Å²) in [5.74, 6) is 0.356. The van der Waals surface area contributed by atoms with Crippen LogP contribution in [0, 0.1) is 5.92 Å². The van der Waals surface area contributed by atoms with Gasteiger partial charge >= 0.3 is 0 Å². The molecule has 0 aromatic carbocycles. The van der Waals surface area contributed by atoms with Crippen LogP contribution < -0.4 is 5.73 Å². The molecule has 1 fully saturated rings. The van der Waals surface area contributed by atoms with E-state index in [0.29, 0.717) is 11.9 Å². The van der Waals surface area contributed by atoms with Crippen molar-refractivity contribution in [3.05, 3.63) is 12.2 Å². The molecule has 1 amide bonds. The van der Waals surface area contributed by atoms with Crippen LogP contribution >= 0.6 is 0 Å². The molecular formula is C14H24N2O. The van der Waals surface area contributed by atoms with Crippen LogP contribution in [0.5, 0.6) is 0 Å². The largest absolute Gasteiger partial charge is 0.339 e. The van der Waals surface area contributed by atoms with E-state index in [1.807, 2.05) is 12.2 Å². The molecule has 1 saturated heterocycles. The molecule has 17 heavy (non-hydrogen) atoms. The van der Waals surface area contributed by atoms with Crippen molar-refractivity contribution in [2.45, 2.75) is 57.5 Å². The van der Waals surface area contributed by atoms with Crippen molar-refractivity contribution in [1.82, 2.24) is 4.90 Å². The van der Waals surface area contributed by atoms with Crippen LogP contribution in [-0.4, -0.2) is 29.4 Å². The van der Waals surface area contributed by atoms with E-state index in [0.717, 1.165) is 32.2 Å². The topological polar surface area (TPSA) is 46.3 Å². The first-order valence-electron chi connectivity index (χ1n) is 6.96. The molecule has 3 unspecified atom stereocenters. The number of likely N-dealkylation sites (tertiary alicyclic amines) is 1. The average Bonchev–Trinajstić information content (AvgIpc) is 2.76. The Bertz CT molecular complexity index is 299. The molecule has 3 heteroatoms. The highest BCUT2D eigenvalue weighted by molar-refractivity contribution is 5.81. The maximum Gasteiger partial charge on any atom is 0.229 e. The minimum absolute atomic E-state index is 0.0439. The predicted molar refractivity (Wildman–Crippen MR) is 69.5 cm³/mol. The molecule has 0 aromatic heterocycles. The van der Waals surface area contributed by atoms with Crippen LogP contribution in [0.2, 0.25) is 0 Å². The number of amides is 1. The van der Waals surface area contributed by atoms with Gasteiger partial charge in [-0.1, -0.05) is 25.5 Å². The van der Waals surface area contributed by atoms with E-state index in [2.05, 4.69) is 11.8 Å². The SMILES string of the molecule is CCCC1CCCCN1C(=O)C1C=CC(N)C1. The summed E-state index contributed by atoms with van der Waals surface area (Å²) in [5.41, 5.74) is 5.83. The Labute approximate surface area is 104 Å². The van der Waals surface area contributed by atoms with Crippen LogP contribution in [-0.2, 0) is 4.79 Å². The fourth-order valence-corrected chi connectivity index (χ4v) is 3.05. The molecule has 0 saturated carbocycles. The highest BCUT2D eigenvalue weighted by Gasteiger charge is 2.32. The monoisotopic (exact) mass is 236 g/mol. The van der Waals surface area contributed by atoms with Gasteiger partial charge in [0.05, 0.1) is 5.92 Å². The molecule has 3 nitrogen and oxygen atoms in total. The molecule has 2 rings (SSSR count). The number of rotatable bonds is 3. The second-order valence-electron chi connectivity index (χ2n) is 5.36. The normalized spacial score (nSPS) is 33.1. The first-order valence-corrected chi connectivity index (χ1v) is 6.96. The number of piperidine rings is 1. The minimum Gasteiger partial charge on any atom is -0.339 e.